The summed E-state index contributed by atoms with van der Waals surface area (Å²) in [4.78, 5) is 23.8. The van der Waals surface area contributed by atoms with Crippen molar-refractivity contribution in [3.63, 3.8) is 0 Å². The van der Waals surface area contributed by atoms with E-state index in [1.165, 1.54) is 6.21 Å². The van der Waals surface area contributed by atoms with Crippen LogP contribution in [-0.4, -0.2) is 31.2 Å². The van der Waals surface area contributed by atoms with Crippen LogP contribution in [0.5, 0.6) is 11.5 Å². The summed E-state index contributed by atoms with van der Waals surface area (Å²) in [7, 11) is 0. The molecule has 2 amide bonds. The summed E-state index contributed by atoms with van der Waals surface area (Å²) in [5, 5.41) is 6.30. The van der Waals surface area contributed by atoms with Crippen molar-refractivity contribution in [1.29, 1.82) is 0 Å². The molecule has 0 aliphatic carbocycles. The van der Waals surface area contributed by atoms with Gasteiger partial charge in [0.2, 0.25) is 0 Å². The highest BCUT2D eigenvalue weighted by Crippen LogP contribution is 2.16. The van der Waals surface area contributed by atoms with Gasteiger partial charge in [0, 0.05) is 5.69 Å². The van der Waals surface area contributed by atoms with E-state index in [1.54, 1.807) is 48.5 Å². The lowest BCUT2D eigenvalue weighted by Crippen LogP contribution is -2.32. The molecule has 0 aliphatic rings. The Hall–Kier alpha value is -3.35. The van der Waals surface area contributed by atoms with Gasteiger partial charge >= 0.3 is 11.8 Å². The second-order valence-corrected chi connectivity index (χ2v) is 5.88. The SMILES string of the molecule is CCCCOc1ccc(NC(=O)C(=O)N/N=C\c2ccc(OCC)cc2)cc1. The maximum atomic E-state index is 11.9. The third-order valence-electron chi connectivity index (χ3n) is 3.66. The van der Waals surface area contributed by atoms with Gasteiger partial charge in [0.1, 0.15) is 11.5 Å². The highest BCUT2D eigenvalue weighted by Gasteiger charge is 2.12. The Balaban J connectivity index is 1.79. The standard InChI is InChI=1S/C21H25N3O4/c1-3-5-14-28-19-12-8-17(9-13-19)23-20(25)21(26)24-22-15-16-6-10-18(11-7-16)27-4-2/h6-13,15H,3-5,14H2,1-2H3,(H,23,25)(H,24,26)/b22-15-. The van der Waals surface area contributed by atoms with Gasteiger partial charge in [-0.3, -0.25) is 9.59 Å². The summed E-state index contributed by atoms with van der Waals surface area (Å²) >= 11 is 0. The maximum absolute atomic E-state index is 11.9. The van der Waals surface area contributed by atoms with Crippen LogP contribution < -0.4 is 20.2 Å². The average Bonchev–Trinajstić information content (AvgIpc) is 2.71. The number of rotatable bonds is 9. The number of carbonyl (C=O) groups excluding carboxylic acids is 2. The van der Waals surface area contributed by atoms with Gasteiger partial charge in [0.05, 0.1) is 19.4 Å². The van der Waals surface area contributed by atoms with Crippen molar-refractivity contribution in [2.75, 3.05) is 18.5 Å². The van der Waals surface area contributed by atoms with Crippen LogP contribution in [0.25, 0.3) is 0 Å². The summed E-state index contributed by atoms with van der Waals surface area (Å²) in [5.41, 5.74) is 3.46. The fourth-order valence-corrected chi connectivity index (χ4v) is 2.19. The predicted octanol–water partition coefficient (Wildman–Crippen LogP) is 3.35. The summed E-state index contributed by atoms with van der Waals surface area (Å²) < 4.78 is 10.9. The minimum atomic E-state index is -0.856. The van der Waals surface area contributed by atoms with E-state index in [4.69, 9.17) is 9.47 Å². The van der Waals surface area contributed by atoms with Gasteiger partial charge in [-0.1, -0.05) is 13.3 Å². The number of unbranched alkanes of at least 4 members (excludes halogenated alkanes) is 1. The zero-order valence-corrected chi connectivity index (χ0v) is 16.1. The van der Waals surface area contributed by atoms with Gasteiger partial charge in [0.15, 0.2) is 0 Å². The normalized spacial score (nSPS) is 10.5. The molecule has 0 saturated heterocycles. The van der Waals surface area contributed by atoms with Gasteiger partial charge < -0.3 is 14.8 Å². The van der Waals surface area contributed by atoms with Crippen molar-refractivity contribution in [2.24, 2.45) is 5.10 Å². The highest BCUT2D eigenvalue weighted by molar-refractivity contribution is 6.39. The van der Waals surface area contributed by atoms with Gasteiger partial charge in [-0.05, 0) is 67.4 Å². The molecule has 28 heavy (non-hydrogen) atoms. The van der Waals surface area contributed by atoms with E-state index >= 15 is 0 Å². The Morgan fingerprint density at radius 3 is 2.21 bits per heavy atom. The molecular weight excluding hydrogens is 358 g/mol. The Morgan fingerprint density at radius 2 is 1.57 bits per heavy atom. The molecule has 0 fully saturated rings. The van der Waals surface area contributed by atoms with E-state index < -0.39 is 11.8 Å². The Kier molecular flexibility index (Phi) is 8.52. The topological polar surface area (TPSA) is 89.0 Å². The molecule has 0 spiro atoms. The van der Waals surface area contributed by atoms with Crippen molar-refractivity contribution < 1.29 is 19.1 Å². The first-order valence-electron chi connectivity index (χ1n) is 9.22. The molecule has 2 aromatic rings. The maximum Gasteiger partial charge on any atom is 0.329 e. The molecule has 7 heteroatoms. The monoisotopic (exact) mass is 383 g/mol. The lowest BCUT2D eigenvalue weighted by Gasteiger charge is -2.07. The number of amides is 2. The number of hydrogen-bond acceptors (Lipinski definition) is 5. The molecule has 0 radical (unpaired) electrons. The molecule has 0 atom stereocenters. The van der Waals surface area contributed by atoms with Crippen molar-refractivity contribution in [3.05, 3.63) is 54.1 Å². The van der Waals surface area contributed by atoms with Crippen LogP contribution in [-0.2, 0) is 9.59 Å². The van der Waals surface area contributed by atoms with Gasteiger partial charge in [-0.2, -0.15) is 5.10 Å². The third kappa shape index (κ3) is 7.11. The molecule has 7 nitrogen and oxygen atoms in total. The number of nitrogens with zero attached hydrogens (tertiary/aromatic N) is 1. The Bertz CT molecular complexity index is 786. The van der Waals surface area contributed by atoms with Crippen LogP contribution in [0.4, 0.5) is 5.69 Å². The van der Waals surface area contributed by atoms with E-state index in [0.717, 1.165) is 29.9 Å². The predicted molar refractivity (Wildman–Crippen MR) is 109 cm³/mol. The van der Waals surface area contributed by atoms with Crippen LogP contribution in [0, 0.1) is 0 Å². The fourth-order valence-electron chi connectivity index (χ4n) is 2.19. The van der Waals surface area contributed by atoms with Crippen LogP contribution in [0.3, 0.4) is 0 Å². The molecule has 0 unspecified atom stereocenters. The summed E-state index contributed by atoms with van der Waals surface area (Å²) in [6.07, 6.45) is 3.49. The minimum absolute atomic E-state index is 0.499. The first-order valence-corrected chi connectivity index (χ1v) is 9.22. The number of benzene rings is 2. The fraction of sp³-hybridized carbons (Fsp3) is 0.286. The first-order chi connectivity index (χ1) is 13.6. The lowest BCUT2D eigenvalue weighted by molar-refractivity contribution is -0.136. The third-order valence-corrected chi connectivity index (χ3v) is 3.66. The molecule has 0 bridgehead atoms. The van der Waals surface area contributed by atoms with Gasteiger partial charge in [-0.25, -0.2) is 5.43 Å². The number of carbonyl (C=O) groups is 2. The van der Waals surface area contributed by atoms with Crippen molar-refractivity contribution >= 4 is 23.7 Å². The molecule has 0 heterocycles. The number of nitrogens with one attached hydrogen (secondary N) is 2. The lowest BCUT2D eigenvalue weighted by atomic mass is 10.2. The summed E-state index contributed by atoms with van der Waals surface area (Å²) in [6, 6.07) is 14.0. The van der Waals surface area contributed by atoms with Crippen molar-refractivity contribution in [2.45, 2.75) is 26.7 Å². The molecule has 148 valence electrons. The van der Waals surface area contributed by atoms with E-state index in [9.17, 15) is 9.59 Å². The van der Waals surface area contributed by atoms with Crippen LogP contribution in [0.15, 0.2) is 53.6 Å². The zero-order valence-electron chi connectivity index (χ0n) is 16.1. The Labute approximate surface area is 164 Å². The van der Waals surface area contributed by atoms with E-state index in [1.807, 2.05) is 6.92 Å². The quantitative estimate of drug-likeness (QED) is 0.301. The van der Waals surface area contributed by atoms with E-state index in [0.29, 0.717) is 18.9 Å². The smallest absolute Gasteiger partial charge is 0.329 e. The summed E-state index contributed by atoms with van der Waals surface area (Å²) in [6.45, 7) is 5.24. The van der Waals surface area contributed by atoms with Crippen LogP contribution in [0.2, 0.25) is 0 Å². The minimum Gasteiger partial charge on any atom is -0.494 e. The van der Waals surface area contributed by atoms with Crippen molar-refractivity contribution in [3.8, 4) is 11.5 Å². The van der Waals surface area contributed by atoms with Gasteiger partial charge in [-0.15, -0.1) is 0 Å². The number of hydrazone groups is 1. The van der Waals surface area contributed by atoms with Crippen molar-refractivity contribution in [1.82, 2.24) is 5.43 Å². The average molecular weight is 383 g/mol. The molecule has 0 saturated carbocycles. The van der Waals surface area contributed by atoms with E-state index in [-0.39, 0.29) is 0 Å². The second kappa shape index (κ2) is 11.4. The van der Waals surface area contributed by atoms with Crippen LogP contribution in [0.1, 0.15) is 32.3 Å². The largest absolute Gasteiger partial charge is 0.494 e. The molecule has 2 N–H and O–H groups in total. The first kappa shape index (κ1) is 21.0. The van der Waals surface area contributed by atoms with E-state index in [2.05, 4.69) is 22.8 Å². The Morgan fingerprint density at radius 1 is 0.929 bits per heavy atom. The molecule has 0 aromatic heterocycles. The highest BCUT2D eigenvalue weighted by atomic mass is 16.5. The molecular formula is C21H25N3O4. The molecule has 0 aliphatic heterocycles. The molecule has 2 rings (SSSR count). The molecule has 2 aromatic carbocycles. The zero-order chi connectivity index (χ0) is 20.2. The second-order valence-electron chi connectivity index (χ2n) is 5.88. The number of ether oxygens (including phenoxy) is 2. The van der Waals surface area contributed by atoms with Crippen LogP contribution >= 0.6 is 0 Å². The summed E-state index contributed by atoms with van der Waals surface area (Å²) in [5.74, 6) is -0.186. The number of hydrogen-bond donors (Lipinski definition) is 2. The number of anilines is 1. The van der Waals surface area contributed by atoms with Gasteiger partial charge in [0.25, 0.3) is 0 Å².